The molecule has 0 aliphatic heterocycles. The van der Waals surface area contributed by atoms with Crippen molar-refractivity contribution in [2.45, 2.75) is 88.5 Å². The Morgan fingerprint density at radius 2 is 1.77 bits per heavy atom. The summed E-state index contributed by atoms with van der Waals surface area (Å²) in [5, 5.41) is 21.1. The van der Waals surface area contributed by atoms with E-state index in [1.165, 1.54) is 64.2 Å². The molecule has 0 saturated heterocycles. The molecule has 5 aliphatic rings. The predicted octanol–water partition coefficient (Wildman–Crippen LogP) is 4.16. The lowest BCUT2D eigenvalue weighted by Crippen LogP contribution is -2.55. The molecule has 40 heavy (non-hydrogen) atoms. The molecular weight excluding hydrogens is 548 g/mol. The molecule has 222 valence electrons. The van der Waals surface area contributed by atoms with Gasteiger partial charge in [0.2, 0.25) is 11.0 Å². The zero-order valence-electron chi connectivity index (χ0n) is 23.9. The molecule has 7 rings (SSSR count). The van der Waals surface area contributed by atoms with Gasteiger partial charge in [0.05, 0.1) is 25.9 Å². The van der Waals surface area contributed by atoms with Crippen LogP contribution in [-0.4, -0.2) is 79.8 Å². The average Bonchev–Trinajstić information content (AvgIpc) is 3.55. The van der Waals surface area contributed by atoms with E-state index in [0.717, 1.165) is 35.8 Å². The molecule has 12 heteroatoms. The van der Waals surface area contributed by atoms with Crippen molar-refractivity contribution in [3.8, 4) is 5.88 Å². The Kier molecular flexibility index (Phi) is 9.94. The standard InChI is InChI=1S/C28H44N8O2S.ClH/c1-34(2)8-9-36-28(31-32-33-36)39-11-10-35-27(38-18-19-6-4-3-5-7-19)24(17-29-35)26(37)30-25-22-13-20-12-21(15-22)16-23(25)14-20;/h17,19-23,25H,3-16,18H2,1-2H3,(H,30,37);1H. The highest BCUT2D eigenvalue weighted by atomic mass is 35.5. The summed E-state index contributed by atoms with van der Waals surface area (Å²) in [6.07, 6.45) is 14.5. The Hall–Kier alpha value is -1.85. The summed E-state index contributed by atoms with van der Waals surface area (Å²) in [5.41, 5.74) is 0.584. The zero-order chi connectivity index (χ0) is 26.8. The van der Waals surface area contributed by atoms with Gasteiger partial charge in [0.15, 0.2) is 0 Å². The maximum Gasteiger partial charge on any atom is 0.258 e. The molecule has 10 nitrogen and oxygen atoms in total. The van der Waals surface area contributed by atoms with Gasteiger partial charge in [-0.05, 0) is 99.1 Å². The summed E-state index contributed by atoms with van der Waals surface area (Å²) in [6.45, 7) is 2.89. The lowest BCUT2D eigenvalue weighted by Gasteiger charge is -2.54. The molecular formula is C28H45ClN8O2S. The number of tetrazole rings is 1. The number of aromatic nitrogens is 6. The third kappa shape index (κ3) is 6.78. The monoisotopic (exact) mass is 592 g/mol. The van der Waals surface area contributed by atoms with Crippen LogP contribution in [0, 0.1) is 29.6 Å². The highest BCUT2D eigenvalue weighted by Crippen LogP contribution is 2.53. The summed E-state index contributed by atoms with van der Waals surface area (Å²) in [7, 11) is 4.08. The Morgan fingerprint density at radius 3 is 2.48 bits per heavy atom. The number of thioether (sulfide) groups is 1. The predicted molar refractivity (Wildman–Crippen MR) is 157 cm³/mol. The van der Waals surface area contributed by atoms with Gasteiger partial charge in [0.25, 0.3) is 5.91 Å². The van der Waals surface area contributed by atoms with Crippen LogP contribution in [0.3, 0.4) is 0 Å². The van der Waals surface area contributed by atoms with Crippen molar-refractivity contribution in [1.29, 1.82) is 0 Å². The molecule has 2 aromatic rings. The topological polar surface area (TPSA) is 103 Å². The Labute approximate surface area is 248 Å². The summed E-state index contributed by atoms with van der Waals surface area (Å²) in [5.74, 6) is 4.95. The van der Waals surface area contributed by atoms with Crippen molar-refractivity contribution >= 4 is 30.1 Å². The minimum atomic E-state index is -0.0161. The van der Waals surface area contributed by atoms with E-state index in [1.54, 1.807) is 18.0 Å². The minimum absolute atomic E-state index is 0. The van der Waals surface area contributed by atoms with Crippen LogP contribution in [0.2, 0.25) is 0 Å². The normalized spacial score (nSPS) is 27.6. The number of ether oxygens (including phenoxy) is 1. The zero-order valence-corrected chi connectivity index (χ0v) is 25.5. The van der Waals surface area contributed by atoms with Crippen LogP contribution in [0.5, 0.6) is 5.88 Å². The first-order chi connectivity index (χ1) is 19.0. The highest BCUT2D eigenvalue weighted by Gasteiger charge is 2.48. The number of nitrogens with zero attached hydrogens (tertiary/aromatic N) is 7. The SMILES string of the molecule is CN(C)CCn1nnnc1SCCn1ncc(C(=O)NC2C3CC4CC(C3)CC2C4)c1OCC1CCCCC1.Cl. The Bertz CT molecular complexity index is 1090. The lowest BCUT2D eigenvalue weighted by atomic mass is 9.54. The second kappa shape index (κ2) is 13.4. The summed E-state index contributed by atoms with van der Waals surface area (Å²) in [4.78, 5) is 15.8. The van der Waals surface area contributed by atoms with E-state index in [1.807, 2.05) is 23.5 Å². The molecule has 2 heterocycles. The highest BCUT2D eigenvalue weighted by molar-refractivity contribution is 7.99. The lowest BCUT2D eigenvalue weighted by molar-refractivity contribution is -0.0120. The minimum Gasteiger partial charge on any atom is -0.477 e. The smallest absolute Gasteiger partial charge is 0.258 e. The van der Waals surface area contributed by atoms with Crippen LogP contribution in [0.1, 0.15) is 74.6 Å². The summed E-state index contributed by atoms with van der Waals surface area (Å²) in [6, 6.07) is 0.302. The first kappa shape index (κ1) is 29.6. The van der Waals surface area contributed by atoms with Gasteiger partial charge < -0.3 is 15.0 Å². The maximum atomic E-state index is 13.7. The first-order valence-corrected chi connectivity index (χ1v) is 16.0. The fraction of sp³-hybridized carbons (Fsp3) is 0.821. The molecule has 5 saturated carbocycles. The van der Waals surface area contributed by atoms with E-state index >= 15 is 0 Å². The molecule has 2 aromatic heterocycles. The number of carbonyl (C=O) groups excluding carboxylic acids is 1. The van der Waals surface area contributed by atoms with Crippen LogP contribution in [0.4, 0.5) is 0 Å². The molecule has 0 atom stereocenters. The van der Waals surface area contributed by atoms with Crippen LogP contribution >= 0.6 is 24.2 Å². The number of likely N-dealkylation sites (N-methyl/N-ethyl adjacent to an activating group) is 1. The molecule has 5 aliphatic carbocycles. The van der Waals surface area contributed by atoms with E-state index < -0.39 is 0 Å². The Balaban J connectivity index is 0.00000323. The molecule has 0 unspecified atom stereocenters. The molecule has 1 N–H and O–H groups in total. The van der Waals surface area contributed by atoms with Crippen molar-refractivity contribution in [2.75, 3.05) is 33.0 Å². The average molecular weight is 593 g/mol. The van der Waals surface area contributed by atoms with Gasteiger partial charge in [-0.3, -0.25) is 4.79 Å². The van der Waals surface area contributed by atoms with E-state index in [0.29, 0.717) is 48.4 Å². The van der Waals surface area contributed by atoms with Gasteiger partial charge in [-0.2, -0.15) is 5.10 Å². The number of rotatable bonds is 12. The van der Waals surface area contributed by atoms with Gasteiger partial charge in [-0.1, -0.05) is 31.0 Å². The molecule has 1 amide bonds. The van der Waals surface area contributed by atoms with Crippen molar-refractivity contribution in [2.24, 2.45) is 29.6 Å². The number of halogens is 1. The molecule has 4 bridgehead atoms. The third-order valence-corrected chi connectivity index (χ3v) is 10.5. The van der Waals surface area contributed by atoms with Crippen LogP contribution < -0.4 is 10.1 Å². The largest absolute Gasteiger partial charge is 0.477 e. The Morgan fingerprint density at radius 1 is 1.05 bits per heavy atom. The van der Waals surface area contributed by atoms with Gasteiger partial charge in [0.1, 0.15) is 5.56 Å². The van der Waals surface area contributed by atoms with E-state index in [-0.39, 0.29) is 18.3 Å². The summed E-state index contributed by atoms with van der Waals surface area (Å²) < 4.78 is 10.1. The fourth-order valence-electron chi connectivity index (χ4n) is 7.74. The molecule has 0 radical (unpaired) electrons. The number of aryl methyl sites for hydroxylation is 1. The van der Waals surface area contributed by atoms with E-state index in [9.17, 15) is 4.79 Å². The number of carbonyl (C=O) groups is 1. The molecule has 5 fully saturated rings. The third-order valence-electron chi connectivity index (χ3n) is 9.53. The van der Waals surface area contributed by atoms with Crippen LogP contribution in [-0.2, 0) is 13.1 Å². The second-order valence-electron chi connectivity index (χ2n) is 12.7. The van der Waals surface area contributed by atoms with Gasteiger partial charge >= 0.3 is 0 Å². The van der Waals surface area contributed by atoms with Gasteiger partial charge in [-0.15, -0.1) is 17.5 Å². The number of nitrogens with one attached hydrogen (secondary N) is 1. The molecule has 0 aromatic carbocycles. The number of hydrogen-bond acceptors (Lipinski definition) is 8. The van der Waals surface area contributed by atoms with Crippen LogP contribution in [0.25, 0.3) is 0 Å². The second-order valence-corrected chi connectivity index (χ2v) is 13.7. The fourth-order valence-corrected chi connectivity index (χ4v) is 8.56. The van der Waals surface area contributed by atoms with Crippen LogP contribution in [0.15, 0.2) is 11.4 Å². The van der Waals surface area contributed by atoms with E-state index in [4.69, 9.17) is 4.74 Å². The van der Waals surface area contributed by atoms with Crippen molar-refractivity contribution in [1.82, 2.24) is 40.2 Å². The van der Waals surface area contributed by atoms with Crippen molar-refractivity contribution in [3.05, 3.63) is 11.8 Å². The quantitative estimate of drug-likeness (QED) is 0.367. The van der Waals surface area contributed by atoms with Crippen molar-refractivity contribution < 1.29 is 9.53 Å². The number of amides is 1. The van der Waals surface area contributed by atoms with Gasteiger partial charge in [-0.25, -0.2) is 9.36 Å². The maximum absolute atomic E-state index is 13.7. The first-order valence-electron chi connectivity index (χ1n) is 15.1. The van der Waals surface area contributed by atoms with E-state index in [2.05, 4.69) is 30.8 Å². The molecule has 0 spiro atoms. The summed E-state index contributed by atoms with van der Waals surface area (Å²) >= 11 is 1.61. The van der Waals surface area contributed by atoms with Gasteiger partial charge in [0, 0.05) is 18.3 Å². The number of hydrogen-bond donors (Lipinski definition) is 1. The van der Waals surface area contributed by atoms with Crippen molar-refractivity contribution in [3.63, 3.8) is 0 Å².